The Kier molecular flexibility index (Phi) is 4.74. The van der Waals surface area contributed by atoms with Crippen LogP contribution in [0.2, 0.25) is 0 Å². The zero-order chi connectivity index (χ0) is 18.0. The Morgan fingerprint density at radius 1 is 1.12 bits per heavy atom. The number of amides is 1. The fourth-order valence-corrected chi connectivity index (χ4v) is 3.03. The van der Waals surface area contributed by atoms with E-state index in [0.717, 1.165) is 24.2 Å². The maximum Gasteiger partial charge on any atom is 0.255 e. The van der Waals surface area contributed by atoms with E-state index in [1.54, 1.807) is 19.2 Å². The highest BCUT2D eigenvalue weighted by Crippen LogP contribution is 2.35. The molecule has 0 aliphatic carbocycles. The molecule has 5 heteroatoms. The van der Waals surface area contributed by atoms with Crippen LogP contribution in [0.15, 0.2) is 46.9 Å². The first-order valence-electron chi connectivity index (χ1n) is 8.38. The van der Waals surface area contributed by atoms with Crippen LogP contribution < -0.4 is 10.2 Å². The molecule has 1 heterocycles. The normalized spacial score (nSPS) is 10.9. The first-order valence-corrected chi connectivity index (χ1v) is 8.38. The molecule has 0 saturated carbocycles. The summed E-state index contributed by atoms with van der Waals surface area (Å²) in [6.07, 6.45) is 0. The van der Waals surface area contributed by atoms with Crippen LogP contribution in [0.5, 0.6) is 0 Å². The highest BCUT2D eigenvalue weighted by Gasteiger charge is 2.22. The van der Waals surface area contributed by atoms with Crippen molar-refractivity contribution < 1.29 is 13.6 Å². The number of furan rings is 1. The Balaban J connectivity index is 2.21. The van der Waals surface area contributed by atoms with Gasteiger partial charge in [-0.3, -0.25) is 4.79 Å². The Morgan fingerprint density at radius 2 is 1.80 bits per heavy atom. The van der Waals surface area contributed by atoms with Crippen molar-refractivity contribution in [2.75, 3.05) is 25.0 Å². The van der Waals surface area contributed by atoms with Crippen LogP contribution in [-0.4, -0.2) is 26.0 Å². The van der Waals surface area contributed by atoms with Gasteiger partial charge in [-0.15, -0.1) is 0 Å². The molecule has 25 heavy (non-hydrogen) atoms. The molecule has 0 bridgehead atoms. The van der Waals surface area contributed by atoms with Crippen molar-refractivity contribution in [3.05, 3.63) is 53.8 Å². The average molecular weight is 340 g/mol. The maximum absolute atomic E-state index is 13.2. The summed E-state index contributed by atoms with van der Waals surface area (Å²) in [4.78, 5) is 14.6. The Hall–Kier alpha value is -2.82. The summed E-state index contributed by atoms with van der Waals surface area (Å²) < 4.78 is 19.3. The molecular formula is C20H21FN2O2. The van der Waals surface area contributed by atoms with Gasteiger partial charge in [-0.25, -0.2) is 4.39 Å². The van der Waals surface area contributed by atoms with Crippen molar-refractivity contribution in [3.8, 4) is 11.3 Å². The first kappa shape index (κ1) is 17.0. The number of hydrogen-bond donors (Lipinski definition) is 1. The predicted octanol–water partition coefficient (Wildman–Crippen LogP) is 4.44. The molecule has 0 unspecified atom stereocenters. The van der Waals surface area contributed by atoms with Crippen LogP contribution in [0.3, 0.4) is 0 Å². The lowest BCUT2D eigenvalue weighted by Crippen LogP contribution is -2.21. The number of hydrogen-bond acceptors (Lipinski definition) is 3. The fourth-order valence-electron chi connectivity index (χ4n) is 3.03. The Bertz CT molecular complexity index is 896. The number of anilines is 1. The quantitative estimate of drug-likeness (QED) is 0.746. The second-order valence-corrected chi connectivity index (χ2v) is 5.74. The Labute approximate surface area is 146 Å². The third-order valence-electron chi connectivity index (χ3n) is 4.36. The van der Waals surface area contributed by atoms with E-state index in [-0.39, 0.29) is 11.7 Å². The maximum atomic E-state index is 13.2. The highest BCUT2D eigenvalue weighted by atomic mass is 19.1. The molecule has 4 nitrogen and oxygen atoms in total. The Morgan fingerprint density at radius 3 is 2.40 bits per heavy atom. The molecule has 1 aromatic heterocycles. The summed E-state index contributed by atoms with van der Waals surface area (Å²) >= 11 is 0. The van der Waals surface area contributed by atoms with Crippen LogP contribution >= 0.6 is 0 Å². The van der Waals surface area contributed by atoms with Gasteiger partial charge in [0.2, 0.25) is 0 Å². The largest absolute Gasteiger partial charge is 0.455 e. The van der Waals surface area contributed by atoms with E-state index in [1.165, 1.54) is 12.1 Å². The second kappa shape index (κ2) is 6.97. The minimum Gasteiger partial charge on any atom is -0.455 e. The number of carbonyl (C=O) groups excluding carboxylic acids is 1. The van der Waals surface area contributed by atoms with Crippen molar-refractivity contribution in [1.82, 2.24) is 5.32 Å². The summed E-state index contributed by atoms with van der Waals surface area (Å²) in [6.45, 7) is 5.96. The zero-order valence-corrected chi connectivity index (χ0v) is 14.6. The van der Waals surface area contributed by atoms with Gasteiger partial charge >= 0.3 is 0 Å². The lowest BCUT2D eigenvalue weighted by atomic mass is 10.0. The molecule has 2 aromatic carbocycles. The van der Waals surface area contributed by atoms with E-state index in [9.17, 15) is 9.18 Å². The number of benzene rings is 2. The topological polar surface area (TPSA) is 45.5 Å². The average Bonchev–Trinajstić information content (AvgIpc) is 3.01. The van der Waals surface area contributed by atoms with Gasteiger partial charge in [-0.2, -0.15) is 0 Å². The summed E-state index contributed by atoms with van der Waals surface area (Å²) in [5.74, 6) is -0.107. The van der Waals surface area contributed by atoms with Crippen LogP contribution in [0, 0.1) is 5.82 Å². The molecule has 0 aliphatic rings. The van der Waals surface area contributed by atoms with Crippen molar-refractivity contribution >= 4 is 22.6 Å². The van der Waals surface area contributed by atoms with Crippen molar-refractivity contribution in [2.45, 2.75) is 13.8 Å². The van der Waals surface area contributed by atoms with Gasteiger partial charge in [0.15, 0.2) is 0 Å². The van der Waals surface area contributed by atoms with Crippen LogP contribution in [0.25, 0.3) is 22.3 Å². The molecule has 0 radical (unpaired) electrons. The van der Waals surface area contributed by atoms with Crippen LogP contribution in [-0.2, 0) is 0 Å². The number of rotatable bonds is 5. The number of nitrogens with one attached hydrogen (secondary N) is 1. The molecule has 0 aliphatic heterocycles. The highest BCUT2D eigenvalue weighted by molar-refractivity contribution is 6.11. The standard InChI is InChI=1S/C20H21FN2O2/c1-4-23(5-2)15-10-11-16-17(12-15)25-19(18(16)20(24)22-3)13-6-8-14(21)9-7-13/h6-12H,4-5H2,1-3H3,(H,22,24). The van der Waals surface area contributed by atoms with Crippen molar-refractivity contribution in [2.24, 2.45) is 0 Å². The summed E-state index contributed by atoms with van der Waals surface area (Å²) in [5, 5.41) is 3.40. The molecule has 1 N–H and O–H groups in total. The molecule has 3 rings (SSSR count). The lowest BCUT2D eigenvalue weighted by molar-refractivity contribution is 0.0964. The SMILES string of the molecule is CCN(CC)c1ccc2c(C(=O)NC)c(-c3ccc(F)cc3)oc2c1. The van der Waals surface area contributed by atoms with Crippen molar-refractivity contribution in [1.29, 1.82) is 0 Å². The van der Waals surface area contributed by atoms with Gasteiger partial charge in [0.05, 0.1) is 5.56 Å². The predicted molar refractivity (Wildman–Crippen MR) is 98.6 cm³/mol. The summed E-state index contributed by atoms with van der Waals surface area (Å²) in [6, 6.07) is 11.8. The second-order valence-electron chi connectivity index (χ2n) is 5.74. The molecule has 0 saturated heterocycles. The summed E-state index contributed by atoms with van der Waals surface area (Å²) in [7, 11) is 1.58. The molecule has 0 atom stereocenters. The first-order chi connectivity index (χ1) is 12.1. The molecule has 0 spiro atoms. The summed E-state index contributed by atoms with van der Waals surface area (Å²) in [5.41, 5.74) is 2.82. The van der Waals surface area contributed by atoms with Gasteiger partial charge in [-0.1, -0.05) is 0 Å². The van der Waals surface area contributed by atoms with Gasteiger partial charge in [-0.05, 0) is 50.2 Å². The van der Waals surface area contributed by atoms with Gasteiger partial charge in [0.1, 0.15) is 17.2 Å². The number of fused-ring (bicyclic) bond motifs is 1. The van der Waals surface area contributed by atoms with Crippen molar-refractivity contribution in [3.63, 3.8) is 0 Å². The molecule has 3 aromatic rings. The van der Waals surface area contributed by atoms with Gasteiger partial charge < -0.3 is 14.6 Å². The van der Waals surface area contributed by atoms with E-state index in [1.807, 2.05) is 18.2 Å². The van der Waals surface area contributed by atoms with E-state index >= 15 is 0 Å². The van der Waals surface area contributed by atoms with Crippen LogP contribution in [0.1, 0.15) is 24.2 Å². The van der Waals surface area contributed by atoms with Gasteiger partial charge in [0, 0.05) is 42.8 Å². The minimum absolute atomic E-state index is 0.228. The molecule has 130 valence electrons. The lowest BCUT2D eigenvalue weighted by Gasteiger charge is -2.20. The minimum atomic E-state index is -0.329. The monoisotopic (exact) mass is 340 g/mol. The molecule has 0 fully saturated rings. The van der Waals surface area contributed by atoms with Crippen LogP contribution in [0.4, 0.5) is 10.1 Å². The van der Waals surface area contributed by atoms with E-state index in [0.29, 0.717) is 22.5 Å². The number of halogens is 1. The van der Waals surface area contributed by atoms with E-state index in [2.05, 4.69) is 24.1 Å². The van der Waals surface area contributed by atoms with Gasteiger partial charge in [0.25, 0.3) is 5.91 Å². The molecular weight excluding hydrogens is 319 g/mol. The smallest absolute Gasteiger partial charge is 0.255 e. The third kappa shape index (κ3) is 3.09. The number of nitrogens with zero attached hydrogens (tertiary/aromatic N) is 1. The molecule has 1 amide bonds. The fraction of sp³-hybridized carbons (Fsp3) is 0.250. The van der Waals surface area contributed by atoms with E-state index in [4.69, 9.17) is 4.42 Å². The number of carbonyl (C=O) groups is 1. The third-order valence-corrected chi connectivity index (χ3v) is 4.36. The zero-order valence-electron chi connectivity index (χ0n) is 14.6. The van der Waals surface area contributed by atoms with E-state index < -0.39 is 0 Å².